The number of hydrogen-bond acceptors (Lipinski definition) is 3. The molecule has 0 saturated carbocycles. The van der Waals surface area contributed by atoms with E-state index in [9.17, 15) is 9.59 Å². The van der Waals surface area contributed by atoms with Gasteiger partial charge in [-0.1, -0.05) is 85.1 Å². The van der Waals surface area contributed by atoms with Crippen molar-refractivity contribution in [3.63, 3.8) is 0 Å². The predicted octanol–water partition coefficient (Wildman–Crippen LogP) is 6.24. The van der Waals surface area contributed by atoms with Gasteiger partial charge in [-0.05, 0) is 54.3 Å². The predicted molar refractivity (Wildman–Crippen MR) is 146 cm³/mol. The Morgan fingerprint density at radius 3 is 2.42 bits per heavy atom. The summed E-state index contributed by atoms with van der Waals surface area (Å²) in [5.41, 5.74) is 2.76. The van der Waals surface area contributed by atoms with Gasteiger partial charge >= 0.3 is 0 Å². The van der Waals surface area contributed by atoms with Gasteiger partial charge in [0.15, 0.2) is 6.61 Å². The van der Waals surface area contributed by atoms with Crippen molar-refractivity contribution in [1.29, 1.82) is 0 Å². The molecule has 0 bridgehead atoms. The number of carbonyl (C=O) groups excluding carboxylic acids is 2. The number of carbonyl (C=O) groups is 2. The molecule has 1 N–H and O–H groups in total. The van der Waals surface area contributed by atoms with Crippen LogP contribution in [0.3, 0.4) is 0 Å². The lowest BCUT2D eigenvalue weighted by Gasteiger charge is -2.31. The lowest BCUT2D eigenvalue weighted by Crippen LogP contribution is -2.51. The number of amides is 2. The summed E-state index contributed by atoms with van der Waals surface area (Å²) in [5.74, 6) is 0.107. The first-order chi connectivity index (χ1) is 17.4. The van der Waals surface area contributed by atoms with E-state index in [-0.39, 0.29) is 25.0 Å². The van der Waals surface area contributed by atoms with Gasteiger partial charge in [-0.15, -0.1) is 0 Å². The monoisotopic (exact) mass is 526 g/mol. The standard InChI is InChI=1S/C29H32Cl2N2O3/c1-3-4-15-32-29(35)27(18-22-10-6-5-7-11-22)33(19-23-13-14-25(30)26(31)17-23)28(34)20-36-24-12-8-9-21(2)16-24/h5-14,16-17,27H,3-4,15,18-20H2,1-2H3,(H,32,35)/t27-/m1/s1. The Kier molecular flexibility index (Phi) is 10.6. The minimum Gasteiger partial charge on any atom is -0.484 e. The molecule has 0 saturated heterocycles. The zero-order valence-electron chi connectivity index (χ0n) is 20.7. The number of hydrogen-bond donors (Lipinski definition) is 1. The van der Waals surface area contributed by atoms with Crippen molar-refractivity contribution in [3.05, 3.63) is 99.5 Å². The maximum Gasteiger partial charge on any atom is 0.261 e. The van der Waals surface area contributed by atoms with Crippen molar-refractivity contribution in [1.82, 2.24) is 10.2 Å². The molecule has 0 radical (unpaired) electrons. The van der Waals surface area contributed by atoms with Crippen LogP contribution >= 0.6 is 23.2 Å². The molecule has 5 nitrogen and oxygen atoms in total. The average Bonchev–Trinajstić information content (AvgIpc) is 2.87. The highest BCUT2D eigenvalue weighted by Crippen LogP contribution is 2.24. The summed E-state index contributed by atoms with van der Waals surface area (Å²) in [6, 6.07) is 21.7. The van der Waals surface area contributed by atoms with Gasteiger partial charge in [-0.2, -0.15) is 0 Å². The quantitative estimate of drug-likeness (QED) is 0.284. The number of benzene rings is 3. The van der Waals surface area contributed by atoms with Crippen LogP contribution in [-0.2, 0) is 22.6 Å². The van der Waals surface area contributed by atoms with E-state index in [0.717, 1.165) is 29.5 Å². The van der Waals surface area contributed by atoms with Gasteiger partial charge in [0, 0.05) is 19.5 Å². The van der Waals surface area contributed by atoms with E-state index in [4.69, 9.17) is 27.9 Å². The van der Waals surface area contributed by atoms with E-state index in [2.05, 4.69) is 12.2 Å². The molecule has 0 spiro atoms. The van der Waals surface area contributed by atoms with E-state index in [1.165, 1.54) is 0 Å². The van der Waals surface area contributed by atoms with Gasteiger partial charge in [-0.25, -0.2) is 0 Å². The summed E-state index contributed by atoms with van der Waals surface area (Å²) >= 11 is 12.4. The molecule has 2 amide bonds. The highest BCUT2D eigenvalue weighted by atomic mass is 35.5. The van der Waals surface area contributed by atoms with Gasteiger partial charge in [0.25, 0.3) is 5.91 Å². The Balaban J connectivity index is 1.90. The fraction of sp³-hybridized carbons (Fsp3) is 0.310. The minimum atomic E-state index is -0.729. The molecule has 3 aromatic carbocycles. The van der Waals surface area contributed by atoms with Crippen molar-refractivity contribution in [2.24, 2.45) is 0 Å². The van der Waals surface area contributed by atoms with Crippen LogP contribution in [0.4, 0.5) is 0 Å². The second kappa shape index (κ2) is 13.9. The molecule has 0 heterocycles. The van der Waals surface area contributed by atoms with Crippen LogP contribution in [0, 0.1) is 6.92 Å². The topological polar surface area (TPSA) is 58.6 Å². The summed E-state index contributed by atoms with van der Waals surface area (Å²) in [5, 5.41) is 3.83. The number of rotatable bonds is 12. The normalized spacial score (nSPS) is 11.6. The molecule has 190 valence electrons. The molecule has 0 unspecified atom stereocenters. The van der Waals surface area contributed by atoms with Crippen LogP contribution in [-0.4, -0.2) is 35.9 Å². The van der Waals surface area contributed by atoms with Crippen LogP contribution < -0.4 is 10.1 Å². The first kappa shape index (κ1) is 27.6. The van der Waals surface area contributed by atoms with Crippen molar-refractivity contribution in [2.75, 3.05) is 13.2 Å². The molecular weight excluding hydrogens is 495 g/mol. The average molecular weight is 527 g/mol. The number of aryl methyl sites for hydroxylation is 1. The third-order valence-electron chi connectivity index (χ3n) is 5.79. The van der Waals surface area contributed by atoms with Crippen LogP contribution in [0.1, 0.15) is 36.5 Å². The number of unbranched alkanes of at least 4 members (excludes halogenated alkanes) is 1. The highest BCUT2D eigenvalue weighted by molar-refractivity contribution is 6.42. The van der Waals surface area contributed by atoms with Crippen LogP contribution in [0.25, 0.3) is 0 Å². The van der Waals surface area contributed by atoms with Crippen molar-refractivity contribution >= 4 is 35.0 Å². The lowest BCUT2D eigenvalue weighted by atomic mass is 10.0. The second-order valence-electron chi connectivity index (χ2n) is 8.73. The summed E-state index contributed by atoms with van der Waals surface area (Å²) < 4.78 is 5.82. The molecule has 0 aliphatic heterocycles. The molecule has 3 rings (SSSR count). The molecule has 0 aliphatic carbocycles. The summed E-state index contributed by atoms with van der Waals surface area (Å²) in [7, 11) is 0. The van der Waals surface area contributed by atoms with Gasteiger partial charge in [0.1, 0.15) is 11.8 Å². The van der Waals surface area contributed by atoms with Gasteiger partial charge < -0.3 is 15.0 Å². The molecule has 3 aromatic rings. The summed E-state index contributed by atoms with van der Waals surface area (Å²) in [6.45, 7) is 4.57. The molecule has 7 heteroatoms. The smallest absolute Gasteiger partial charge is 0.261 e. The molecule has 0 fully saturated rings. The minimum absolute atomic E-state index is 0.186. The van der Waals surface area contributed by atoms with E-state index in [1.54, 1.807) is 17.0 Å². The Labute approximate surface area is 223 Å². The molecule has 0 aromatic heterocycles. The number of ether oxygens (including phenoxy) is 1. The third-order valence-corrected chi connectivity index (χ3v) is 6.53. The Hall–Kier alpha value is -3.02. The largest absolute Gasteiger partial charge is 0.484 e. The fourth-order valence-corrected chi connectivity index (χ4v) is 4.15. The van der Waals surface area contributed by atoms with Gasteiger partial charge in [0.2, 0.25) is 5.91 Å². The van der Waals surface area contributed by atoms with E-state index >= 15 is 0 Å². The van der Waals surface area contributed by atoms with E-state index in [0.29, 0.717) is 28.8 Å². The second-order valence-corrected chi connectivity index (χ2v) is 9.54. The van der Waals surface area contributed by atoms with Crippen LogP contribution in [0.15, 0.2) is 72.8 Å². The first-order valence-electron chi connectivity index (χ1n) is 12.1. The van der Waals surface area contributed by atoms with Gasteiger partial charge in [0.05, 0.1) is 10.0 Å². The van der Waals surface area contributed by atoms with Gasteiger partial charge in [-0.3, -0.25) is 9.59 Å². The highest BCUT2D eigenvalue weighted by Gasteiger charge is 2.30. The van der Waals surface area contributed by atoms with Crippen molar-refractivity contribution in [2.45, 2.75) is 45.7 Å². The number of nitrogens with zero attached hydrogens (tertiary/aromatic N) is 1. The molecule has 0 aliphatic rings. The first-order valence-corrected chi connectivity index (χ1v) is 12.9. The van der Waals surface area contributed by atoms with E-state index < -0.39 is 6.04 Å². The zero-order valence-corrected chi connectivity index (χ0v) is 22.2. The van der Waals surface area contributed by atoms with Crippen LogP contribution in [0.2, 0.25) is 10.0 Å². The van der Waals surface area contributed by atoms with E-state index in [1.807, 2.05) is 67.6 Å². The molecule has 1 atom stereocenters. The third kappa shape index (κ3) is 8.28. The van der Waals surface area contributed by atoms with Crippen molar-refractivity contribution < 1.29 is 14.3 Å². The Bertz CT molecular complexity index is 1150. The summed E-state index contributed by atoms with van der Waals surface area (Å²) in [6.07, 6.45) is 2.19. The van der Waals surface area contributed by atoms with Crippen LogP contribution in [0.5, 0.6) is 5.75 Å². The number of halogens is 2. The number of nitrogens with one attached hydrogen (secondary N) is 1. The Morgan fingerprint density at radius 2 is 1.72 bits per heavy atom. The van der Waals surface area contributed by atoms with Crippen molar-refractivity contribution in [3.8, 4) is 5.75 Å². The SMILES string of the molecule is CCCCNC(=O)[C@@H](Cc1ccccc1)N(Cc1ccc(Cl)c(Cl)c1)C(=O)COc1cccc(C)c1. The zero-order chi connectivity index (χ0) is 25.9. The fourth-order valence-electron chi connectivity index (χ4n) is 3.83. The maximum atomic E-state index is 13.6. The lowest BCUT2D eigenvalue weighted by molar-refractivity contribution is -0.142. The summed E-state index contributed by atoms with van der Waals surface area (Å²) in [4.78, 5) is 28.6. The maximum absolute atomic E-state index is 13.6. The Morgan fingerprint density at radius 1 is 0.944 bits per heavy atom. The molecule has 36 heavy (non-hydrogen) atoms. The molecular formula is C29H32Cl2N2O3.